The molecule has 7 rings (SSSR count). The zero-order valence-electron chi connectivity index (χ0n) is 53.2. The van der Waals surface area contributed by atoms with Crippen molar-refractivity contribution in [3.8, 4) is 34.5 Å². The Morgan fingerprint density at radius 3 is 1.22 bits per heavy atom. The number of nitrogens with zero attached hydrogens (tertiary/aromatic N) is 3. The number of aromatic nitrogens is 1. The Hall–Kier alpha value is -7.86. The minimum Gasteiger partial charge on any atom is -0.494 e. The number of fused-ring (bicyclic) bond motifs is 1. The average molecular weight is 1270 g/mol. The SMILES string of the molecule is C=CC(=O)OCCCCCCCCCCCCOc1ccc(OC(=O)[C@H]2CC[C@H](C(=O)Oc3ccc(OC(=O)[C@H]4CC[C@H](C(=O)Oc5ccc(OCCCCCCCCCCCCOC(=O)C=C)cc5)CC4)c(/C=N/N(C)c4nc5ccccc5s4)c3)CC2)cc1. The maximum absolute atomic E-state index is 13.8. The molecule has 0 radical (unpaired) electrons. The summed E-state index contributed by atoms with van der Waals surface area (Å²) in [4.78, 5) is 81.0. The number of para-hydroxylation sites is 1. The minimum atomic E-state index is -0.449. The lowest BCUT2D eigenvalue weighted by atomic mass is 9.82. The molecule has 2 fully saturated rings. The molecule has 0 bridgehead atoms. The van der Waals surface area contributed by atoms with Crippen molar-refractivity contribution >= 4 is 68.7 Å². The number of thiazole rings is 1. The van der Waals surface area contributed by atoms with E-state index in [1.807, 2.05) is 48.5 Å². The number of esters is 6. The van der Waals surface area contributed by atoms with Crippen molar-refractivity contribution in [3.63, 3.8) is 0 Å². The highest BCUT2D eigenvalue weighted by Gasteiger charge is 2.34. The third kappa shape index (κ3) is 25.7. The van der Waals surface area contributed by atoms with Crippen molar-refractivity contribution in [1.29, 1.82) is 0 Å². The van der Waals surface area contributed by atoms with Gasteiger partial charge in [0, 0.05) is 24.8 Å². The lowest BCUT2D eigenvalue weighted by molar-refractivity contribution is -0.145. The van der Waals surface area contributed by atoms with Gasteiger partial charge in [-0.25, -0.2) is 19.6 Å². The summed E-state index contributed by atoms with van der Waals surface area (Å²) in [6.07, 6.45) is 30.0. The highest BCUT2D eigenvalue weighted by atomic mass is 32.1. The Labute approximate surface area is 541 Å². The van der Waals surface area contributed by atoms with Crippen LogP contribution in [-0.4, -0.2) is 80.5 Å². The van der Waals surface area contributed by atoms with Crippen LogP contribution in [0.2, 0.25) is 0 Å². The second kappa shape index (κ2) is 40.1. The molecule has 0 saturated heterocycles. The van der Waals surface area contributed by atoms with E-state index in [0.29, 0.717) is 100.0 Å². The van der Waals surface area contributed by atoms with Gasteiger partial charge in [-0.05, 0) is 156 Å². The zero-order chi connectivity index (χ0) is 64.3. The number of unbranched alkanes of at least 4 members (excludes halogenated alkanes) is 18. The van der Waals surface area contributed by atoms with Crippen LogP contribution in [0.5, 0.6) is 34.5 Å². The summed E-state index contributed by atoms with van der Waals surface area (Å²) in [5.41, 5.74) is 1.25. The first kappa shape index (κ1) is 70.6. The van der Waals surface area contributed by atoms with E-state index in [1.165, 1.54) is 87.7 Å². The molecule has 17 nitrogen and oxygen atoms in total. The molecule has 0 N–H and O–H groups in total. The van der Waals surface area contributed by atoms with Crippen LogP contribution in [0.1, 0.15) is 185 Å². The molecular weight excluding hydrogens is 1170 g/mol. The largest absolute Gasteiger partial charge is 0.494 e. The Bertz CT molecular complexity index is 3060. The molecule has 0 amide bonds. The highest BCUT2D eigenvalue weighted by molar-refractivity contribution is 7.22. The van der Waals surface area contributed by atoms with Gasteiger partial charge in [-0.15, -0.1) is 0 Å². The van der Waals surface area contributed by atoms with E-state index in [9.17, 15) is 28.8 Å². The fraction of sp³-hybridized carbons (Fsp3) is 0.507. The van der Waals surface area contributed by atoms with Gasteiger partial charge in [0.05, 0.1) is 66.5 Å². The summed E-state index contributed by atoms with van der Waals surface area (Å²) in [6, 6.07) is 26.8. The molecule has 2 aliphatic carbocycles. The Kier molecular flexibility index (Phi) is 31.1. The minimum absolute atomic E-state index is 0.236. The Balaban J connectivity index is 0.796. The zero-order valence-corrected chi connectivity index (χ0v) is 54.0. The standard InChI is InChI=1S/C73H93N3O14S/c1-4-67(77)85-50-26-20-16-12-8-6-10-14-18-24-48-83-59-38-42-61(43-39-59)87-69(79)54-30-32-56(33-31-54)71(81)89-63-46-47-65(58(52-63)53-74-76(3)73-75-64-28-22-23-29-66(64)91-73)90-72(82)57-36-34-55(35-37-57)70(80)88-62-44-40-60(41-45-62)84-49-25-19-15-11-7-9-13-17-21-27-51-86-68(78)5-2/h4-5,22-23,28-29,38-47,52-57H,1-2,6-21,24-27,30-37,48-51H2,3H3/b74-53+/t54-,55-,56-,57-. The monoisotopic (exact) mass is 1270 g/mol. The molecule has 5 aromatic rings. The molecule has 0 aliphatic heterocycles. The summed E-state index contributed by atoms with van der Waals surface area (Å²) in [5.74, 6) is -1.02. The van der Waals surface area contributed by atoms with Crippen LogP contribution in [0.15, 0.2) is 121 Å². The van der Waals surface area contributed by atoms with Crippen molar-refractivity contribution in [1.82, 2.24) is 4.98 Å². The fourth-order valence-electron chi connectivity index (χ4n) is 11.2. The molecule has 18 heteroatoms. The fourth-order valence-corrected chi connectivity index (χ4v) is 12.1. The second-order valence-electron chi connectivity index (χ2n) is 23.7. The van der Waals surface area contributed by atoms with Gasteiger partial charge in [-0.3, -0.25) is 19.2 Å². The molecule has 0 spiro atoms. The van der Waals surface area contributed by atoms with Gasteiger partial charge in [0.2, 0.25) is 5.13 Å². The lowest BCUT2D eigenvalue weighted by Gasteiger charge is -2.26. The maximum atomic E-state index is 13.8. The number of anilines is 1. The van der Waals surface area contributed by atoms with Crippen molar-refractivity contribution in [2.75, 3.05) is 38.5 Å². The first-order valence-electron chi connectivity index (χ1n) is 33.1. The Morgan fingerprint density at radius 2 is 0.813 bits per heavy atom. The van der Waals surface area contributed by atoms with Crippen LogP contribution in [0, 0.1) is 23.7 Å². The molecule has 91 heavy (non-hydrogen) atoms. The summed E-state index contributed by atoms with van der Waals surface area (Å²) >= 11 is 1.48. The third-order valence-corrected chi connectivity index (χ3v) is 17.8. The van der Waals surface area contributed by atoms with Crippen molar-refractivity contribution in [2.45, 2.75) is 180 Å². The van der Waals surface area contributed by atoms with Crippen molar-refractivity contribution in [2.24, 2.45) is 28.8 Å². The number of carbonyl (C=O) groups excluding carboxylic acids is 6. The topological polar surface area (TPSA) is 205 Å². The predicted molar refractivity (Wildman–Crippen MR) is 354 cm³/mol. The molecule has 1 heterocycles. The van der Waals surface area contributed by atoms with E-state index >= 15 is 0 Å². The van der Waals surface area contributed by atoms with E-state index in [-0.39, 0.29) is 47.2 Å². The first-order valence-corrected chi connectivity index (χ1v) is 33.9. The van der Waals surface area contributed by atoms with Crippen molar-refractivity contribution < 1.29 is 66.7 Å². The molecule has 0 atom stereocenters. The quantitative estimate of drug-likeness (QED) is 0.00891. The first-order chi connectivity index (χ1) is 44.4. The number of benzene rings is 4. The van der Waals surface area contributed by atoms with Gasteiger partial charge >= 0.3 is 35.8 Å². The van der Waals surface area contributed by atoms with Crippen molar-refractivity contribution in [3.05, 3.63) is 122 Å². The molecule has 1 aromatic heterocycles. The number of carbonyl (C=O) groups is 6. The van der Waals surface area contributed by atoms with Crippen LogP contribution >= 0.6 is 11.3 Å². The number of ether oxygens (including phenoxy) is 8. The number of hydrazone groups is 1. The van der Waals surface area contributed by atoms with Crippen LogP contribution in [0.25, 0.3) is 10.2 Å². The van der Waals surface area contributed by atoms with E-state index in [1.54, 1.807) is 60.7 Å². The number of rotatable bonds is 41. The maximum Gasteiger partial charge on any atom is 0.330 e. The number of hydrogen-bond acceptors (Lipinski definition) is 18. The van der Waals surface area contributed by atoms with Gasteiger partial charge in [0.15, 0.2) is 0 Å². The van der Waals surface area contributed by atoms with E-state index in [4.69, 9.17) is 42.9 Å². The molecule has 4 aromatic carbocycles. The molecule has 2 saturated carbocycles. The molecule has 0 unspecified atom stereocenters. The average Bonchev–Trinajstić information content (AvgIpc) is 2.55. The smallest absolute Gasteiger partial charge is 0.330 e. The van der Waals surface area contributed by atoms with Crippen LogP contribution < -0.4 is 33.4 Å². The van der Waals surface area contributed by atoms with Gasteiger partial charge in [-0.2, -0.15) is 5.10 Å². The lowest BCUT2D eigenvalue weighted by Crippen LogP contribution is -2.30. The normalized spacial score (nSPS) is 16.3. The second-order valence-corrected chi connectivity index (χ2v) is 24.7. The summed E-state index contributed by atoms with van der Waals surface area (Å²) in [6.45, 7) is 8.98. The van der Waals surface area contributed by atoms with Gasteiger partial charge in [-0.1, -0.05) is 139 Å². The predicted octanol–water partition coefficient (Wildman–Crippen LogP) is 16.4. The van der Waals surface area contributed by atoms with Gasteiger partial charge in [0.25, 0.3) is 0 Å². The van der Waals surface area contributed by atoms with Gasteiger partial charge in [0.1, 0.15) is 34.5 Å². The molecule has 490 valence electrons. The molecule has 2 aliphatic rings. The van der Waals surface area contributed by atoms with E-state index < -0.39 is 23.8 Å². The van der Waals surface area contributed by atoms with E-state index in [0.717, 1.165) is 85.9 Å². The van der Waals surface area contributed by atoms with Crippen LogP contribution in [0.4, 0.5) is 5.13 Å². The van der Waals surface area contributed by atoms with Crippen LogP contribution in [0.3, 0.4) is 0 Å². The summed E-state index contributed by atoms with van der Waals surface area (Å²) < 4.78 is 46.5. The Morgan fingerprint density at radius 1 is 0.462 bits per heavy atom. The van der Waals surface area contributed by atoms with E-state index in [2.05, 4.69) is 18.3 Å². The van der Waals surface area contributed by atoms with Crippen LogP contribution in [-0.2, 0) is 38.2 Å². The third-order valence-electron chi connectivity index (χ3n) is 16.6. The van der Waals surface area contributed by atoms with Gasteiger partial charge < -0.3 is 37.9 Å². The number of hydrogen-bond donors (Lipinski definition) is 0. The molecular formula is C73H93N3O14S. The summed E-state index contributed by atoms with van der Waals surface area (Å²) in [5, 5.41) is 6.95. The highest BCUT2D eigenvalue weighted by Crippen LogP contribution is 2.36. The summed E-state index contributed by atoms with van der Waals surface area (Å²) in [7, 11) is 1.78.